The molecule has 0 spiro atoms. The van der Waals surface area contributed by atoms with Crippen molar-refractivity contribution in [1.29, 1.82) is 0 Å². The SMILES string of the molecule is CCc1ccc(/C=C(\CO)[N+](=O)[O-])cc1. The molecule has 80 valence electrons. The summed E-state index contributed by atoms with van der Waals surface area (Å²) in [5.74, 6) is 0. The number of aryl methyl sites for hydroxylation is 1. The third-order valence-electron chi connectivity index (χ3n) is 2.12. The van der Waals surface area contributed by atoms with Crippen LogP contribution < -0.4 is 0 Å². The maximum atomic E-state index is 10.4. The van der Waals surface area contributed by atoms with E-state index in [1.165, 1.54) is 11.6 Å². The molecule has 0 fully saturated rings. The lowest BCUT2D eigenvalue weighted by Gasteiger charge is -1.98. The van der Waals surface area contributed by atoms with E-state index in [0.717, 1.165) is 12.0 Å². The molecular weight excluding hydrogens is 194 g/mol. The predicted octanol–water partition coefficient (Wildman–Crippen LogP) is 1.86. The molecule has 0 bridgehead atoms. The zero-order valence-electron chi connectivity index (χ0n) is 8.51. The lowest BCUT2D eigenvalue weighted by atomic mass is 10.1. The van der Waals surface area contributed by atoms with Gasteiger partial charge in [0, 0.05) is 6.08 Å². The van der Waals surface area contributed by atoms with Crippen molar-refractivity contribution >= 4 is 6.08 Å². The fourth-order valence-corrected chi connectivity index (χ4v) is 1.20. The van der Waals surface area contributed by atoms with Gasteiger partial charge in [-0.2, -0.15) is 0 Å². The van der Waals surface area contributed by atoms with Gasteiger partial charge in [0.25, 0.3) is 5.70 Å². The third-order valence-corrected chi connectivity index (χ3v) is 2.12. The Morgan fingerprint density at radius 1 is 1.47 bits per heavy atom. The van der Waals surface area contributed by atoms with Crippen molar-refractivity contribution < 1.29 is 10.0 Å². The van der Waals surface area contributed by atoms with E-state index in [1.807, 2.05) is 19.1 Å². The first kappa shape index (κ1) is 11.4. The second kappa shape index (κ2) is 5.26. The average Bonchev–Trinajstić information content (AvgIpc) is 2.26. The molecule has 0 atom stereocenters. The fourth-order valence-electron chi connectivity index (χ4n) is 1.20. The normalized spacial score (nSPS) is 11.5. The summed E-state index contributed by atoms with van der Waals surface area (Å²) in [6.07, 6.45) is 2.31. The minimum absolute atomic E-state index is 0.195. The first-order valence-electron chi connectivity index (χ1n) is 4.72. The molecule has 1 N–H and O–H groups in total. The van der Waals surface area contributed by atoms with Crippen LogP contribution in [-0.2, 0) is 6.42 Å². The predicted molar refractivity (Wildman–Crippen MR) is 57.9 cm³/mol. The van der Waals surface area contributed by atoms with Crippen LogP contribution in [0, 0.1) is 10.1 Å². The zero-order valence-corrected chi connectivity index (χ0v) is 8.51. The molecule has 4 nitrogen and oxygen atoms in total. The monoisotopic (exact) mass is 207 g/mol. The highest BCUT2D eigenvalue weighted by atomic mass is 16.6. The number of benzene rings is 1. The van der Waals surface area contributed by atoms with Crippen LogP contribution in [0.4, 0.5) is 0 Å². The first-order chi connectivity index (χ1) is 7.17. The highest BCUT2D eigenvalue weighted by Crippen LogP contribution is 2.09. The zero-order chi connectivity index (χ0) is 11.3. The molecule has 1 rings (SSSR count). The van der Waals surface area contributed by atoms with Crippen LogP contribution >= 0.6 is 0 Å². The summed E-state index contributed by atoms with van der Waals surface area (Å²) in [5.41, 5.74) is 1.71. The van der Waals surface area contributed by atoms with Gasteiger partial charge in [0.05, 0.1) is 4.92 Å². The molecule has 0 saturated carbocycles. The molecule has 0 saturated heterocycles. The van der Waals surface area contributed by atoms with Gasteiger partial charge in [0.1, 0.15) is 6.61 Å². The molecular formula is C11H13NO3. The molecule has 0 aromatic heterocycles. The van der Waals surface area contributed by atoms with E-state index in [0.29, 0.717) is 0 Å². The van der Waals surface area contributed by atoms with Crippen molar-refractivity contribution in [3.05, 3.63) is 51.2 Å². The molecule has 1 aromatic rings. The molecule has 0 amide bonds. The number of hydrogen-bond acceptors (Lipinski definition) is 3. The van der Waals surface area contributed by atoms with Gasteiger partial charge in [-0.05, 0) is 17.5 Å². The number of aliphatic hydroxyl groups is 1. The quantitative estimate of drug-likeness (QED) is 0.605. The molecule has 0 heterocycles. The van der Waals surface area contributed by atoms with Crippen LogP contribution in [0.1, 0.15) is 18.1 Å². The smallest absolute Gasteiger partial charge is 0.271 e. The average molecular weight is 207 g/mol. The summed E-state index contributed by atoms with van der Waals surface area (Å²) >= 11 is 0. The summed E-state index contributed by atoms with van der Waals surface area (Å²) in [6, 6.07) is 7.44. The minimum atomic E-state index is -0.576. The molecule has 4 heteroatoms. The van der Waals surface area contributed by atoms with Crippen molar-refractivity contribution in [2.24, 2.45) is 0 Å². The molecule has 0 aliphatic carbocycles. The summed E-state index contributed by atoms with van der Waals surface area (Å²) in [4.78, 5) is 9.86. The number of aliphatic hydroxyl groups excluding tert-OH is 1. The fraction of sp³-hybridized carbons (Fsp3) is 0.273. The summed E-state index contributed by atoms with van der Waals surface area (Å²) in [7, 11) is 0. The Labute approximate surface area is 88.0 Å². The number of rotatable bonds is 4. The van der Waals surface area contributed by atoms with Crippen molar-refractivity contribution in [3.63, 3.8) is 0 Å². The van der Waals surface area contributed by atoms with Crippen LogP contribution in [0.15, 0.2) is 30.0 Å². The van der Waals surface area contributed by atoms with Gasteiger partial charge in [-0.15, -0.1) is 0 Å². The van der Waals surface area contributed by atoms with Gasteiger partial charge in [0.2, 0.25) is 0 Å². The van der Waals surface area contributed by atoms with Gasteiger partial charge < -0.3 is 5.11 Å². The summed E-state index contributed by atoms with van der Waals surface area (Å²) in [6.45, 7) is 1.49. The molecule has 0 unspecified atom stereocenters. The topological polar surface area (TPSA) is 63.4 Å². The Kier molecular flexibility index (Phi) is 4.00. The van der Waals surface area contributed by atoms with Crippen molar-refractivity contribution in [2.75, 3.05) is 6.61 Å². The number of nitrogens with zero attached hydrogens (tertiary/aromatic N) is 1. The third kappa shape index (κ3) is 3.18. The largest absolute Gasteiger partial charge is 0.385 e. The van der Waals surface area contributed by atoms with Crippen LogP contribution in [0.3, 0.4) is 0 Å². The number of nitro groups is 1. The minimum Gasteiger partial charge on any atom is -0.385 e. The van der Waals surface area contributed by atoms with Crippen LogP contribution in [0.2, 0.25) is 0 Å². The van der Waals surface area contributed by atoms with E-state index in [4.69, 9.17) is 5.11 Å². The van der Waals surface area contributed by atoms with E-state index in [-0.39, 0.29) is 5.70 Å². The maximum Gasteiger partial charge on any atom is 0.271 e. The standard InChI is InChI=1S/C11H13NO3/c1-2-9-3-5-10(6-4-9)7-11(8-13)12(14)15/h3-7,13H,2,8H2,1H3/b11-7+. The Morgan fingerprint density at radius 3 is 2.47 bits per heavy atom. The molecule has 0 radical (unpaired) electrons. The van der Waals surface area contributed by atoms with E-state index >= 15 is 0 Å². The Morgan fingerprint density at radius 2 is 2.07 bits per heavy atom. The van der Waals surface area contributed by atoms with Gasteiger partial charge in [-0.1, -0.05) is 31.2 Å². The van der Waals surface area contributed by atoms with Crippen molar-refractivity contribution in [3.8, 4) is 0 Å². The van der Waals surface area contributed by atoms with Crippen LogP contribution in [0.5, 0.6) is 0 Å². The Hall–Kier alpha value is -1.68. The highest BCUT2D eigenvalue weighted by Gasteiger charge is 2.07. The molecule has 1 aromatic carbocycles. The second-order valence-corrected chi connectivity index (χ2v) is 3.15. The maximum absolute atomic E-state index is 10.4. The van der Waals surface area contributed by atoms with E-state index in [2.05, 4.69) is 0 Å². The van der Waals surface area contributed by atoms with Crippen LogP contribution in [0.25, 0.3) is 6.08 Å². The van der Waals surface area contributed by atoms with E-state index in [1.54, 1.807) is 12.1 Å². The van der Waals surface area contributed by atoms with Gasteiger partial charge in [0.15, 0.2) is 0 Å². The van der Waals surface area contributed by atoms with Crippen molar-refractivity contribution in [2.45, 2.75) is 13.3 Å². The molecule has 0 aliphatic heterocycles. The van der Waals surface area contributed by atoms with Gasteiger partial charge in [-0.25, -0.2) is 0 Å². The Bertz CT molecular complexity index is 368. The Balaban J connectivity index is 2.92. The lowest BCUT2D eigenvalue weighted by Crippen LogP contribution is -2.02. The van der Waals surface area contributed by atoms with E-state index in [9.17, 15) is 10.1 Å². The van der Waals surface area contributed by atoms with Crippen molar-refractivity contribution in [1.82, 2.24) is 0 Å². The van der Waals surface area contributed by atoms with E-state index < -0.39 is 11.5 Å². The van der Waals surface area contributed by atoms with Crippen LogP contribution in [-0.4, -0.2) is 16.6 Å². The second-order valence-electron chi connectivity index (χ2n) is 3.15. The lowest BCUT2D eigenvalue weighted by molar-refractivity contribution is -0.428. The highest BCUT2D eigenvalue weighted by molar-refractivity contribution is 5.51. The summed E-state index contributed by atoms with van der Waals surface area (Å²) < 4.78 is 0. The number of hydrogen-bond donors (Lipinski definition) is 1. The van der Waals surface area contributed by atoms with Gasteiger partial charge >= 0.3 is 0 Å². The van der Waals surface area contributed by atoms with Gasteiger partial charge in [-0.3, -0.25) is 10.1 Å². The first-order valence-corrected chi connectivity index (χ1v) is 4.72. The molecule has 0 aliphatic rings. The summed E-state index contributed by atoms with van der Waals surface area (Å²) in [5, 5.41) is 19.2. The molecule has 15 heavy (non-hydrogen) atoms.